The molecule has 0 aliphatic heterocycles. The summed E-state index contributed by atoms with van der Waals surface area (Å²) in [6.45, 7) is 0. The summed E-state index contributed by atoms with van der Waals surface area (Å²) in [7, 11) is 0. The van der Waals surface area contributed by atoms with Crippen molar-refractivity contribution >= 4 is 27.3 Å². The van der Waals surface area contributed by atoms with E-state index in [1.54, 1.807) is 11.3 Å². The molecule has 1 aromatic rings. The van der Waals surface area contributed by atoms with Crippen LogP contribution in [0.1, 0.15) is 17.3 Å². The Balaban J connectivity index is 2.20. The molecule has 10 heavy (non-hydrogen) atoms. The predicted octanol–water partition coefficient (Wildman–Crippen LogP) is 1.72. The Bertz CT molecular complexity index is 248. The zero-order valence-electron chi connectivity index (χ0n) is 5.25. The van der Waals surface area contributed by atoms with E-state index < -0.39 is 0 Å². The molecule has 0 spiro atoms. The van der Waals surface area contributed by atoms with E-state index in [9.17, 15) is 0 Å². The van der Waals surface area contributed by atoms with Crippen LogP contribution in [-0.4, -0.2) is 11.0 Å². The van der Waals surface area contributed by atoms with Gasteiger partial charge in [-0.3, -0.25) is 0 Å². The number of thiazole rings is 1. The van der Waals surface area contributed by atoms with Crippen LogP contribution < -0.4 is 5.73 Å². The molecule has 0 saturated heterocycles. The lowest BCUT2D eigenvalue weighted by molar-refractivity contribution is 0.975. The summed E-state index contributed by atoms with van der Waals surface area (Å²) in [6.07, 6.45) is 2.95. The largest absolute Gasteiger partial charge is 0.327 e. The average Bonchev–Trinajstić information content (AvgIpc) is 2.42. The van der Waals surface area contributed by atoms with Crippen LogP contribution in [0.15, 0.2) is 9.98 Å². The van der Waals surface area contributed by atoms with Crippen LogP contribution in [0, 0.1) is 0 Å². The highest BCUT2D eigenvalue weighted by molar-refractivity contribution is 9.11. The quantitative estimate of drug-likeness (QED) is 0.780. The molecule has 1 aromatic heterocycles. The molecule has 0 radical (unpaired) electrons. The van der Waals surface area contributed by atoms with Crippen molar-refractivity contribution < 1.29 is 0 Å². The number of nitrogens with zero attached hydrogens (tertiary/aromatic N) is 1. The van der Waals surface area contributed by atoms with Gasteiger partial charge < -0.3 is 5.73 Å². The van der Waals surface area contributed by atoms with Crippen molar-refractivity contribution in [2.24, 2.45) is 5.73 Å². The summed E-state index contributed by atoms with van der Waals surface area (Å²) in [5, 5.41) is 1.18. The molecule has 0 unspecified atom stereocenters. The molecule has 0 amide bonds. The molecule has 1 heterocycles. The lowest BCUT2D eigenvalue weighted by Gasteiger charge is -1.85. The van der Waals surface area contributed by atoms with Crippen molar-refractivity contribution in [1.82, 2.24) is 4.98 Å². The Hall–Kier alpha value is 0.0700. The molecular formula is C6H7BrN2S. The van der Waals surface area contributed by atoms with Crippen LogP contribution in [0.3, 0.4) is 0 Å². The molecular weight excluding hydrogens is 212 g/mol. The van der Waals surface area contributed by atoms with Crippen LogP contribution in [0.4, 0.5) is 0 Å². The minimum absolute atomic E-state index is 0.373. The summed E-state index contributed by atoms with van der Waals surface area (Å²) in [6, 6.07) is 0.373. The number of halogens is 1. The van der Waals surface area contributed by atoms with Gasteiger partial charge in [0.15, 0.2) is 0 Å². The molecule has 2 nitrogen and oxygen atoms in total. The standard InChI is InChI=1S/C6H7BrN2S/c7-5-2-9-6(10-5)3-1-4(3)8/h2-4H,1,8H2/t3-,4-/m1/s1. The normalized spacial score (nSPS) is 30.6. The maximum Gasteiger partial charge on any atom is 0.0983 e. The minimum Gasteiger partial charge on any atom is -0.327 e. The van der Waals surface area contributed by atoms with Crippen molar-refractivity contribution in [2.75, 3.05) is 0 Å². The van der Waals surface area contributed by atoms with Gasteiger partial charge in [-0.2, -0.15) is 0 Å². The summed E-state index contributed by atoms with van der Waals surface area (Å²) in [5.74, 6) is 0.552. The molecule has 2 rings (SSSR count). The van der Waals surface area contributed by atoms with Gasteiger partial charge in [-0.1, -0.05) is 0 Å². The number of nitrogens with two attached hydrogens (primary N) is 1. The first-order valence-corrected chi connectivity index (χ1v) is 4.75. The minimum atomic E-state index is 0.373. The molecule has 1 saturated carbocycles. The fraction of sp³-hybridized carbons (Fsp3) is 0.500. The fourth-order valence-electron chi connectivity index (χ4n) is 0.937. The van der Waals surface area contributed by atoms with Gasteiger partial charge in [0, 0.05) is 12.0 Å². The Morgan fingerprint density at radius 3 is 2.90 bits per heavy atom. The van der Waals surface area contributed by atoms with E-state index in [1.807, 2.05) is 6.20 Å². The van der Waals surface area contributed by atoms with Gasteiger partial charge in [-0.15, -0.1) is 11.3 Å². The van der Waals surface area contributed by atoms with E-state index in [1.165, 1.54) is 5.01 Å². The third-order valence-electron chi connectivity index (χ3n) is 1.65. The SMILES string of the molecule is N[C@@H]1C[C@H]1c1ncc(Br)s1. The molecule has 1 aliphatic carbocycles. The van der Waals surface area contributed by atoms with Gasteiger partial charge in [0.1, 0.15) is 0 Å². The third kappa shape index (κ3) is 1.11. The van der Waals surface area contributed by atoms with E-state index in [0.29, 0.717) is 12.0 Å². The van der Waals surface area contributed by atoms with Crippen molar-refractivity contribution in [2.45, 2.75) is 18.4 Å². The molecule has 1 aliphatic rings. The zero-order valence-corrected chi connectivity index (χ0v) is 7.65. The highest BCUT2D eigenvalue weighted by atomic mass is 79.9. The first kappa shape index (κ1) is 6.76. The Labute approximate surface area is 71.6 Å². The Kier molecular flexibility index (Phi) is 1.55. The van der Waals surface area contributed by atoms with Crippen LogP contribution in [0.25, 0.3) is 0 Å². The molecule has 54 valence electrons. The van der Waals surface area contributed by atoms with E-state index in [-0.39, 0.29) is 0 Å². The average molecular weight is 219 g/mol. The molecule has 2 N–H and O–H groups in total. The van der Waals surface area contributed by atoms with Crippen LogP contribution in [0.2, 0.25) is 0 Å². The van der Waals surface area contributed by atoms with Crippen molar-refractivity contribution in [3.63, 3.8) is 0 Å². The molecule has 0 bridgehead atoms. The van der Waals surface area contributed by atoms with Crippen LogP contribution >= 0.6 is 27.3 Å². The summed E-state index contributed by atoms with van der Waals surface area (Å²) < 4.78 is 1.10. The van der Waals surface area contributed by atoms with E-state index in [4.69, 9.17) is 5.73 Å². The summed E-state index contributed by atoms with van der Waals surface area (Å²) in [4.78, 5) is 4.22. The second-order valence-electron chi connectivity index (χ2n) is 2.51. The second-order valence-corrected chi connectivity index (χ2v) is 4.95. The van der Waals surface area contributed by atoms with E-state index >= 15 is 0 Å². The van der Waals surface area contributed by atoms with Crippen molar-refractivity contribution in [3.8, 4) is 0 Å². The van der Waals surface area contributed by atoms with Gasteiger partial charge in [0.2, 0.25) is 0 Å². The fourth-order valence-corrected chi connectivity index (χ4v) is 2.37. The molecule has 1 fully saturated rings. The summed E-state index contributed by atoms with van der Waals surface area (Å²) in [5.41, 5.74) is 5.66. The van der Waals surface area contributed by atoms with Gasteiger partial charge >= 0.3 is 0 Å². The van der Waals surface area contributed by atoms with Crippen molar-refractivity contribution in [3.05, 3.63) is 15.0 Å². The van der Waals surface area contributed by atoms with Crippen LogP contribution in [-0.2, 0) is 0 Å². The van der Waals surface area contributed by atoms with Gasteiger partial charge in [0.05, 0.1) is 15.0 Å². The predicted molar refractivity (Wildman–Crippen MR) is 45.1 cm³/mol. The van der Waals surface area contributed by atoms with E-state index in [0.717, 1.165) is 10.2 Å². The second kappa shape index (κ2) is 2.29. The number of hydrogen-bond acceptors (Lipinski definition) is 3. The monoisotopic (exact) mass is 218 g/mol. The molecule has 0 aromatic carbocycles. The van der Waals surface area contributed by atoms with Crippen molar-refractivity contribution in [1.29, 1.82) is 0 Å². The number of aromatic nitrogens is 1. The zero-order chi connectivity index (χ0) is 7.14. The van der Waals surface area contributed by atoms with Gasteiger partial charge in [-0.05, 0) is 22.4 Å². The Morgan fingerprint density at radius 2 is 2.50 bits per heavy atom. The molecule has 4 heteroatoms. The van der Waals surface area contributed by atoms with Crippen LogP contribution in [0.5, 0.6) is 0 Å². The lowest BCUT2D eigenvalue weighted by atomic mass is 10.4. The third-order valence-corrected chi connectivity index (χ3v) is 3.26. The highest BCUT2D eigenvalue weighted by Gasteiger charge is 2.37. The maximum atomic E-state index is 5.66. The lowest BCUT2D eigenvalue weighted by Crippen LogP contribution is -2.00. The maximum absolute atomic E-state index is 5.66. The number of rotatable bonds is 1. The first-order valence-electron chi connectivity index (χ1n) is 3.14. The van der Waals surface area contributed by atoms with E-state index in [2.05, 4.69) is 20.9 Å². The van der Waals surface area contributed by atoms with Gasteiger partial charge in [0.25, 0.3) is 0 Å². The smallest absolute Gasteiger partial charge is 0.0983 e. The van der Waals surface area contributed by atoms with Gasteiger partial charge in [-0.25, -0.2) is 4.98 Å². The Morgan fingerprint density at radius 1 is 1.80 bits per heavy atom. The summed E-state index contributed by atoms with van der Waals surface area (Å²) >= 11 is 5.05. The first-order chi connectivity index (χ1) is 4.77. The topological polar surface area (TPSA) is 38.9 Å². The number of hydrogen-bond donors (Lipinski definition) is 1. The highest BCUT2D eigenvalue weighted by Crippen LogP contribution is 2.41. The molecule has 2 atom stereocenters.